The number of halogens is 1. The molecule has 80 valence electrons. The number of carbonyl (C=O) groups excluding carboxylic acids is 1. The van der Waals surface area contributed by atoms with Crippen molar-refractivity contribution in [1.29, 1.82) is 0 Å². The molecule has 0 bridgehead atoms. The molecule has 0 aliphatic heterocycles. The Labute approximate surface area is 89.3 Å². The summed E-state index contributed by atoms with van der Waals surface area (Å²) in [5.41, 5.74) is 0.921. The van der Waals surface area contributed by atoms with Gasteiger partial charge in [0, 0.05) is 5.92 Å². The minimum atomic E-state index is -0.315. The molecule has 0 unspecified atom stereocenters. The monoisotopic (exact) mass is 206 g/mol. The summed E-state index contributed by atoms with van der Waals surface area (Å²) in [6.07, 6.45) is 1.84. The Morgan fingerprint density at radius 3 is 2.60 bits per heavy atom. The smallest absolute Gasteiger partial charge is 0.168 e. The van der Waals surface area contributed by atoms with E-state index in [0.29, 0.717) is 5.56 Å². The number of ketones is 1. The fourth-order valence-corrected chi connectivity index (χ4v) is 1.75. The van der Waals surface area contributed by atoms with Crippen LogP contribution in [-0.4, -0.2) is 5.78 Å². The van der Waals surface area contributed by atoms with E-state index in [1.165, 1.54) is 0 Å². The first-order valence-electron chi connectivity index (χ1n) is 5.44. The molecule has 0 radical (unpaired) electrons. The van der Waals surface area contributed by atoms with Gasteiger partial charge < -0.3 is 0 Å². The van der Waals surface area contributed by atoms with E-state index >= 15 is 0 Å². The molecule has 0 aromatic heterocycles. The summed E-state index contributed by atoms with van der Waals surface area (Å²) in [4.78, 5) is 11.8. The van der Waals surface area contributed by atoms with Crippen LogP contribution in [0.1, 0.15) is 48.5 Å². The minimum absolute atomic E-state index is 0.0185. The minimum Gasteiger partial charge on any atom is -0.294 e. The Bertz CT molecular complexity index is 392. The lowest BCUT2D eigenvalue weighted by atomic mass is 9.97. The van der Waals surface area contributed by atoms with Gasteiger partial charge in [-0.1, -0.05) is 26.0 Å². The molecule has 0 N–H and O–H groups in total. The third kappa shape index (κ3) is 1.94. The van der Waals surface area contributed by atoms with Crippen LogP contribution in [-0.2, 0) is 0 Å². The molecule has 0 heterocycles. The maximum atomic E-state index is 13.9. The zero-order chi connectivity index (χ0) is 11.0. The van der Waals surface area contributed by atoms with Gasteiger partial charge in [-0.2, -0.15) is 0 Å². The van der Waals surface area contributed by atoms with E-state index in [-0.39, 0.29) is 29.0 Å². The van der Waals surface area contributed by atoms with Gasteiger partial charge in [-0.15, -0.1) is 0 Å². The molecule has 1 saturated carbocycles. The van der Waals surface area contributed by atoms with E-state index in [1.807, 2.05) is 13.8 Å². The molecule has 2 rings (SSSR count). The highest BCUT2D eigenvalue weighted by atomic mass is 19.1. The van der Waals surface area contributed by atoms with Crippen molar-refractivity contribution in [3.05, 3.63) is 35.1 Å². The van der Waals surface area contributed by atoms with Crippen LogP contribution in [0.25, 0.3) is 0 Å². The number of carbonyl (C=O) groups is 1. The predicted molar refractivity (Wildman–Crippen MR) is 57.5 cm³/mol. The normalized spacial score (nSPS) is 15.7. The van der Waals surface area contributed by atoms with E-state index in [9.17, 15) is 9.18 Å². The van der Waals surface area contributed by atoms with Crippen LogP contribution < -0.4 is 0 Å². The quantitative estimate of drug-likeness (QED) is 0.691. The van der Waals surface area contributed by atoms with Crippen LogP contribution in [0.4, 0.5) is 4.39 Å². The summed E-state index contributed by atoms with van der Waals surface area (Å²) in [6, 6.07) is 5.12. The van der Waals surface area contributed by atoms with Crippen LogP contribution in [0.15, 0.2) is 18.2 Å². The molecule has 0 spiro atoms. The van der Waals surface area contributed by atoms with Crippen LogP contribution in [0, 0.1) is 11.7 Å². The van der Waals surface area contributed by atoms with Gasteiger partial charge in [0.05, 0.1) is 5.56 Å². The zero-order valence-electron chi connectivity index (χ0n) is 9.09. The average Bonchev–Trinajstić information content (AvgIpc) is 3.00. The molecule has 1 fully saturated rings. The van der Waals surface area contributed by atoms with E-state index in [2.05, 4.69) is 0 Å². The van der Waals surface area contributed by atoms with Crippen molar-refractivity contribution in [3.8, 4) is 0 Å². The van der Waals surface area contributed by atoms with Crippen LogP contribution in [0.3, 0.4) is 0 Å². The number of Topliss-reactive ketones (excluding diaryl/α,β-unsaturated/α-hetero) is 1. The van der Waals surface area contributed by atoms with Crippen molar-refractivity contribution in [2.45, 2.75) is 32.6 Å². The average molecular weight is 206 g/mol. The fourth-order valence-electron chi connectivity index (χ4n) is 1.75. The van der Waals surface area contributed by atoms with Crippen LogP contribution in [0.5, 0.6) is 0 Å². The second kappa shape index (κ2) is 3.76. The topological polar surface area (TPSA) is 17.1 Å². The number of hydrogen-bond acceptors (Lipinski definition) is 1. The third-order valence-corrected chi connectivity index (χ3v) is 2.86. The van der Waals surface area contributed by atoms with Crippen molar-refractivity contribution in [2.24, 2.45) is 5.92 Å². The Morgan fingerprint density at radius 2 is 2.07 bits per heavy atom. The first-order chi connectivity index (χ1) is 7.11. The highest BCUT2D eigenvalue weighted by Crippen LogP contribution is 2.34. The van der Waals surface area contributed by atoms with Gasteiger partial charge in [0.15, 0.2) is 5.78 Å². The third-order valence-electron chi connectivity index (χ3n) is 2.86. The molecule has 1 aliphatic rings. The fraction of sp³-hybridized carbons (Fsp3) is 0.462. The summed E-state index contributed by atoms with van der Waals surface area (Å²) < 4.78 is 13.9. The lowest BCUT2D eigenvalue weighted by Gasteiger charge is -2.09. The van der Waals surface area contributed by atoms with Crippen molar-refractivity contribution < 1.29 is 9.18 Å². The number of rotatable bonds is 3. The van der Waals surface area contributed by atoms with E-state index in [4.69, 9.17) is 0 Å². The zero-order valence-corrected chi connectivity index (χ0v) is 9.09. The molecule has 1 aromatic rings. The van der Waals surface area contributed by atoms with Crippen molar-refractivity contribution in [2.75, 3.05) is 0 Å². The Hall–Kier alpha value is -1.18. The maximum absolute atomic E-state index is 13.9. The molecular formula is C13H15FO. The van der Waals surface area contributed by atoms with Crippen LogP contribution >= 0.6 is 0 Å². The summed E-state index contributed by atoms with van der Waals surface area (Å²) in [5, 5.41) is 0. The molecular weight excluding hydrogens is 191 g/mol. The second-order valence-electron chi connectivity index (χ2n) is 4.50. The Balaban J connectivity index is 2.39. The van der Waals surface area contributed by atoms with E-state index in [1.54, 1.807) is 18.2 Å². The van der Waals surface area contributed by atoms with Gasteiger partial charge in [0.2, 0.25) is 0 Å². The number of hydrogen-bond donors (Lipinski definition) is 0. The van der Waals surface area contributed by atoms with Crippen LogP contribution in [0.2, 0.25) is 0 Å². The standard InChI is InChI=1S/C13H15FO/c1-8(2)10-4-3-5-11(12(10)14)13(15)9-6-7-9/h3-5,8-9H,6-7H2,1-2H3. The molecule has 0 atom stereocenters. The first kappa shape index (κ1) is 10.3. The predicted octanol–water partition coefficient (Wildman–Crippen LogP) is 3.54. The second-order valence-corrected chi connectivity index (χ2v) is 4.50. The molecule has 1 aromatic carbocycles. The van der Waals surface area contributed by atoms with E-state index in [0.717, 1.165) is 12.8 Å². The van der Waals surface area contributed by atoms with Crippen molar-refractivity contribution >= 4 is 5.78 Å². The molecule has 1 aliphatic carbocycles. The molecule has 2 heteroatoms. The largest absolute Gasteiger partial charge is 0.294 e. The molecule has 1 nitrogen and oxygen atoms in total. The summed E-state index contributed by atoms with van der Waals surface area (Å²) >= 11 is 0. The van der Waals surface area contributed by atoms with Crippen molar-refractivity contribution in [1.82, 2.24) is 0 Å². The van der Waals surface area contributed by atoms with Gasteiger partial charge in [-0.25, -0.2) is 4.39 Å². The molecule has 15 heavy (non-hydrogen) atoms. The van der Waals surface area contributed by atoms with Crippen molar-refractivity contribution in [3.63, 3.8) is 0 Å². The summed E-state index contributed by atoms with van der Waals surface area (Å²) in [5.74, 6) is -0.127. The van der Waals surface area contributed by atoms with Gasteiger partial charge in [-0.05, 0) is 30.4 Å². The van der Waals surface area contributed by atoms with Gasteiger partial charge >= 0.3 is 0 Å². The maximum Gasteiger partial charge on any atom is 0.168 e. The SMILES string of the molecule is CC(C)c1cccc(C(=O)C2CC2)c1F. The van der Waals surface area contributed by atoms with Gasteiger partial charge in [0.25, 0.3) is 0 Å². The lowest BCUT2D eigenvalue weighted by Crippen LogP contribution is -2.07. The summed E-state index contributed by atoms with van der Waals surface area (Å²) in [7, 11) is 0. The van der Waals surface area contributed by atoms with E-state index < -0.39 is 0 Å². The molecule has 0 amide bonds. The first-order valence-corrected chi connectivity index (χ1v) is 5.44. The Kier molecular flexibility index (Phi) is 2.59. The number of benzene rings is 1. The molecule has 0 saturated heterocycles. The lowest BCUT2D eigenvalue weighted by molar-refractivity contribution is 0.0963. The van der Waals surface area contributed by atoms with Gasteiger partial charge in [0.1, 0.15) is 5.82 Å². The summed E-state index contributed by atoms with van der Waals surface area (Å²) in [6.45, 7) is 3.87. The Morgan fingerprint density at radius 1 is 1.40 bits per heavy atom. The highest BCUT2D eigenvalue weighted by molar-refractivity contribution is 5.99. The highest BCUT2D eigenvalue weighted by Gasteiger charge is 2.32. The van der Waals surface area contributed by atoms with Gasteiger partial charge in [-0.3, -0.25) is 4.79 Å².